The van der Waals surface area contributed by atoms with Crippen LogP contribution in [0.4, 0.5) is 5.82 Å². The van der Waals surface area contributed by atoms with Gasteiger partial charge < -0.3 is 4.74 Å². The summed E-state index contributed by atoms with van der Waals surface area (Å²) in [5, 5.41) is 1.87. The topological polar surface area (TPSA) is 59.5 Å². The molecule has 0 aliphatic carbocycles. The number of pyridine rings is 1. The Morgan fingerprint density at radius 1 is 0.862 bits per heavy atom. The Bertz CT molecular complexity index is 1220. The zero-order valence-corrected chi connectivity index (χ0v) is 16.7. The third kappa shape index (κ3) is 3.93. The molecule has 0 saturated carbocycles. The highest BCUT2D eigenvalue weighted by Gasteiger charge is 2.26. The molecule has 0 atom stereocenters. The third-order valence-electron chi connectivity index (χ3n) is 4.70. The minimum atomic E-state index is -3.82. The molecule has 0 spiro atoms. The third-order valence-corrected chi connectivity index (χ3v) is 6.45. The molecule has 4 aromatic rings. The first kappa shape index (κ1) is 19.0. The molecule has 0 bridgehead atoms. The first-order valence-corrected chi connectivity index (χ1v) is 10.6. The Hall–Kier alpha value is -3.38. The number of benzene rings is 3. The van der Waals surface area contributed by atoms with Crippen molar-refractivity contribution < 1.29 is 13.2 Å². The Balaban J connectivity index is 1.77. The fraction of sp³-hybridized carbons (Fsp3) is 0.0870. The van der Waals surface area contributed by atoms with E-state index in [1.807, 2.05) is 54.6 Å². The largest absolute Gasteiger partial charge is 0.497 e. The monoisotopic (exact) mass is 404 g/mol. The smallest absolute Gasteiger partial charge is 0.265 e. The van der Waals surface area contributed by atoms with Gasteiger partial charge in [-0.1, -0.05) is 48.5 Å². The average Bonchev–Trinajstić information content (AvgIpc) is 2.78. The van der Waals surface area contributed by atoms with Gasteiger partial charge in [-0.25, -0.2) is 17.7 Å². The molecule has 0 N–H and O–H groups in total. The summed E-state index contributed by atoms with van der Waals surface area (Å²) in [5.41, 5.74) is 0.834. The molecule has 0 amide bonds. The number of hydrogen-bond acceptors (Lipinski definition) is 4. The molecule has 0 aliphatic rings. The maximum Gasteiger partial charge on any atom is 0.265 e. The van der Waals surface area contributed by atoms with E-state index in [0.29, 0.717) is 5.82 Å². The zero-order chi connectivity index (χ0) is 20.3. The normalized spacial score (nSPS) is 11.3. The molecule has 29 heavy (non-hydrogen) atoms. The van der Waals surface area contributed by atoms with Crippen molar-refractivity contribution in [2.75, 3.05) is 11.4 Å². The predicted octanol–water partition coefficient (Wildman–Crippen LogP) is 4.64. The first-order chi connectivity index (χ1) is 14.1. The summed E-state index contributed by atoms with van der Waals surface area (Å²) in [5.74, 6) is 1.09. The first-order valence-electron chi connectivity index (χ1n) is 9.13. The molecule has 146 valence electrons. The van der Waals surface area contributed by atoms with E-state index in [1.165, 1.54) is 4.31 Å². The van der Waals surface area contributed by atoms with Gasteiger partial charge in [0.2, 0.25) is 0 Å². The molecule has 6 heteroatoms. The highest BCUT2D eigenvalue weighted by atomic mass is 32.2. The van der Waals surface area contributed by atoms with Crippen molar-refractivity contribution in [3.8, 4) is 5.75 Å². The summed E-state index contributed by atoms with van der Waals surface area (Å²) in [7, 11) is -2.22. The summed E-state index contributed by atoms with van der Waals surface area (Å²) >= 11 is 0. The minimum absolute atomic E-state index is 0.163. The van der Waals surface area contributed by atoms with Crippen LogP contribution >= 0.6 is 0 Å². The highest BCUT2D eigenvalue weighted by Crippen LogP contribution is 2.27. The van der Waals surface area contributed by atoms with Gasteiger partial charge in [-0.05, 0) is 52.7 Å². The van der Waals surface area contributed by atoms with E-state index >= 15 is 0 Å². The lowest BCUT2D eigenvalue weighted by molar-refractivity contribution is 0.414. The van der Waals surface area contributed by atoms with Gasteiger partial charge in [-0.2, -0.15) is 0 Å². The number of aromatic nitrogens is 1. The second-order valence-electron chi connectivity index (χ2n) is 6.56. The molecular formula is C23H20N2O3S. The lowest BCUT2D eigenvalue weighted by Crippen LogP contribution is -2.31. The Labute approximate surface area is 170 Å². The molecule has 1 aromatic heterocycles. The standard InChI is InChI=1S/C23H20N2O3S/c1-28-21-12-9-18(10-13-21)17-25(23-8-4-5-15-24-23)29(26,27)22-14-11-19-6-2-3-7-20(19)16-22/h2-16H,17H2,1H3. The van der Waals surface area contributed by atoms with E-state index in [9.17, 15) is 8.42 Å². The maximum absolute atomic E-state index is 13.6. The molecule has 4 rings (SSSR count). The number of methoxy groups -OCH3 is 1. The van der Waals surface area contributed by atoms with Crippen LogP contribution in [-0.2, 0) is 16.6 Å². The van der Waals surface area contributed by atoms with Crippen LogP contribution in [0.15, 0.2) is 96.0 Å². The number of sulfonamides is 1. The van der Waals surface area contributed by atoms with Gasteiger partial charge in [0.1, 0.15) is 11.6 Å². The fourth-order valence-corrected chi connectivity index (χ4v) is 4.59. The van der Waals surface area contributed by atoms with E-state index in [2.05, 4.69) is 4.98 Å². The van der Waals surface area contributed by atoms with Crippen LogP contribution in [0.25, 0.3) is 10.8 Å². The minimum Gasteiger partial charge on any atom is -0.497 e. The molecule has 3 aromatic carbocycles. The van der Waals surface area contributed by atoms with Crippen molar-refractivity contribution >= 4 is 26.6 Å². The van der Waals surface area contributed by atoms with Gasteiger partial charge in [-0.15, -0.1) is 0 Å². The van der Waals surface area contributed by atoms with Crippen molar-refractivity contribution in [1.29, 1.82) is 0 Å². The molecule has 0 saturated heterocycles. The summed E-state index contributed by atoms with van der Waals surface area (Å²) in [6, 6.07) is 25.4. The highest BCUT2D eigenvalue weighted by molar-refractivity contribution is 7.92. The van der Waals surface area contributed by atoms with Crippen LogP contribution < -0.4 is 9.04 Å². The van der Waals surface area contributed by atoms with E-state index in [-0.39, 0.29) is 11.4 Å². The molecule has 5 nitrogen and oxygen atoms in total. The van der Waals surface area contributed by atoms with Crippen molar-refractivity contribution in [2.45, 2.75) is 11.4 Å². The number of hydrogen-bond donors (Lipinski definition) is 0. The van der Waals surface area contributed by atoms with E-state index in [1.54, 1.807) is 43.6 Å². The van der Waals surface area contributed by atoms with E-state index in [4.69, 9.17) is 4.74 Å². The van der Waals surface area contributed by atoms with Gasteiger partial charge in [0.15, 0.2) is 0 Å². The molecule has 0 aliphatic heterocycles. The average molecular weight is 404 g/mol. The van der Waals surface area contributed by atoms with Crippen molar-refractivity contribution in [3.05, 3.63) is 96.7 Å². The molecule has 0 radical (unpaired) electrons. The number of fused-ring (bicyclic) bond motifs is 1. The van der Waals surface area contributed by atoms with Gasteiger partial charge in [-0.3, -0.25) is 0 Å². The van der Waals surface area contributed by atoms with Gasteiger partial charge in [0.25, 0.3) is 10.0 Å². The molecular weight excluding hydrogens is 384 g/mol. The maximum atomic E-state index is 13.6. The van der Waals surface area contributed by atoms with Gasteiger partial charge in [0, 0.05) is 6.20 Å². The zero-order valence-electron chi connectivity index (χ0n) is 15.9. The lowest BCUT2D eigenvalue weighted by atomic mass is 10.1. The van der Waals surface area contributed by atoms with Crippen LogP contribution in [0.3, 0.4) is 0 Å². The SMILES string of the molecule is COc1ccc(CN(c2ccccn2)S(=O)(=O)c2ccc3ccccc3c2)cc1. The number of rotatable bonds is 6. The van der Waals surface area contributed by atoms with Crippen molar-refractivity contribution in [1.82, 2.24) is 4.98 Å². The fourth-order valence-electron chi connectivity index (χ4n) is 3.14. The Morgan fingerprint density at radius 2 is 1.59 bits per heavy atom. The lowest BCUT2D eigenvalue weighted by Gasteiger charge is -2.24. The van der Waals surface area contributed by atoms with Gasteiger partial charge in [0.05, 0.1) is 18.6 Å². The van der Waals surface area contributed by atoms with Crippen LogP contribution in [0, 0.1) is 0 Å². The number of ether oxygens (including phenoxy) is 1. The van der Waals surface area contributed by atoms with Crippen LogP contribution in [0.2, 0.25) is 0 Å². The Kier molecular flexibility index (Phi) is 5.18. The summed E-state index contributed by atoms with van der Waals surface area (Å²) in [6.07, 6.45) is 1.59. The second-order valence-corrected chi connectivity index (χ2v) is 8.42. The number of nitrogens with zero attached hydrogens (tertiary/aromatic N) is 2. The molecule has 0 fully saturated rings. The second kappa shape index (κ2) is 7.93. The molecule has 0 unspecified atom stereocenters. The van der Waals surface area contributed by atoms with Crippen molar-refractivity contribution in [2.24, 2.45) is 0 Å². The van der Waals surface area contributed by atoms with E-state index in [0.717, 1.165) is 22.1 Å². The molecule has 1 heterocycles. The van der Waals surface area contributed by atoms with E-state index < -0.39 is 10.0 Å². The quantitative estimate of drug-likeness (QED) is 0.470. The summed E-state index contributed by atoms with van der Waals surface area (Å²) < 4.78 is 33.7. The predicted molar refractivity (Wildman–Crippen MR) is 115 cm³/mol. The Morgan fingerprint density at radius 3 is 2.28 bits per heavy atom. The summed E-state index contributed by atoms with van der Waals surface area (Å²) in [4.78, 5) is 4.52. The van der Waals surface area contributed by atoms with Gasteiger partial charge >= 0.3 is 0 Å². The van der Waals surface area contributed by atoms with Crippen LogP contribution in [0.1, 0.15) is 5.56 Å². The summed E-state index contributed by atoms with van der Waals surface area (Å²) in [6.45, 7) is 0.163. The van der Waals surface area contributed by atoms with Crippen LogP contribution in [0.5, 0.6) is 5.75 Å². The number of anilines is 1. The van der Waals surface area contributed by atoms with Crippen molar-refractivity contribution in [3.63, 3.8) is 0 Å². The van der Waals surface area contributed by atoms with Crippen LogP contribution in [-0.4, -0.2) is 20.5 Å².